The van der Waals surface area contributed by atoms with Crippen LogP contribution in [0.5, 0.6) is 0 Å². The molecular weight excluding hydrogens is 174 g/mol. The van der Waals surface area contributed by atoms with Gasteiger partial charge in [0.2, 0.25) is 0 Å². The van der Waals surface area contributed by atoms with Crippen LogP contribution in [0.3, 0.4) is 0 Å². The zero-order valence-corrected chi connectivity index (χ0v) is 8.26. The molecule has 0 aliphatic rings. The highest BCUT2D eigenvalue weighted by Gasteiger charge is 1.96. The number of ether oxygens (including phenoxy) is 1. The third kappa shape index (κ3) is 6.24. The summed E-state index contributed by atoms with van der Waals surface area (Å²) in [6.45, 7) is 2.75. The lowest BCUT2D eigenvalue weighted by atomic mass is 10.2. The van der Waals surface area contributed by atoms with E-state index >= 15 is 0 Å². The first-order valence-electron chi connectivity index (χ1n) is 3.76. The van der Waals surface area contributed by atoms with Gasteiger partial charge in [0.15, 0.2) is 0 Å². The number of carbonyl (C=O) groups excluding carboxylic acids is 1. The van der Waals surface area contributed by atoms with Crippen LogP contribution in [-0.4, -0.2) is 25.4 Å². The van der Waals surface area contributed by atoms with Gasteiger partial charge in [0.1, 0.15) is 0 Å². The minimum atomic E-state index is -0.317. The summed E-state index contributed by atoms with van der Waals surface area (Å²) in [5.41, 5.74) is 5.41. The van der Waals surface area contributed by atoms with Crippen molar-refractivity contribution in [3.63, 3.8) is 0 Å². The first kappa shape index (κ1) is 11.5. The minimum absolute atomic E-state index is 0.317. The van der Waals surface area contributed by atoms with E-state index in [1.807, 2.05) is 0 Å². The van der Waals surface area contributed by atoms with Crippen LogP contribution in [0.15, 0.2) is 11.5 Å². The van der Waals surface area contributed by atoms with Gasteiger partial charge in [-0.15, -0.1) is 11.8 Å². The summed E-state index contributed by atoms with van der Waals surface area (Å²) in [7, 11) is 1.36. The van der Waals surface area contributed by atoms with E-state index in [1.54, 1.807) is 17.2 Å². The molecule has 0 rings (SSSR count). The van der Waals surface area contributed by atoms with Crippen LogP contribution in [0, 0.1) is 5.92 Å². The summed E-state index contributed by atoms with van der Waals surface area (Å²) in [6, 6.07) is 0. The Morgan fingerprint density at radius 1 is 1.75 bits per heavy atom. The molecule has 0 saturated heterocycles. The van der Waals surface area contributed by atoms with E-state index in [0.29, 0.717) is 12.5 Å². The third-order valence-corrected chi connectivity index (χ3v) is 2.37. The van der Waals surface area contributed by atoms with Crippen molar-refractivity contribution in [3.05, 3.63) is 11.5 Å². The van der Waals surface area contributed by atoms with Gasteiger partial charge in [0.25, 0.3) is 0 Å². The summed E-state index contributed by atoms with van der Waals surface area (Å²) >= 11 is 1.57. The number of thioether (sulfide) groups is 1. The highest BCUT2D eigenvalue weighted by atomic mass is 32.2. The van der Waals surface area contributed by atoms with E-state index in [0.717, 1.165) is 5.75 Å². The average molecular weight is 189 g/mol. The molecule has 0 aliphatic heterocycles. The molecule has 0 aromatic carbocycles. The fraction of sp³-hybridized carbons (Fsp3) is 0.625. The predicted octanol–water partition coefficient (Wildman–Crippen LogP) is 1.00. The Bertz CT molecular complexity index is 159. The van der Waals surface area contributed by atoms with Gasteiger partial charge in [0, 0.05) is 11.8 Å². The quantitative estimate of drug-likeness (QED) is 0.518. The lowest BCUT2D eigenvalue weighted by Crippen LogP contribution is -2.12. The second-order valence-electron chi connectivity index (χ2n) is 2.50. The van der Waals surface area contributed by atoms with Crippen LogP contribution in [0.4, 0.5) is 0 Å². The van der Waals surface area contributed by atoms with Crippen LogP contribution in [0.2, 0.25) is 0 Å². The standard InChI is InChI=1S/C8H15NO2S/c1-7(5-9)6-12-4-3-8(10)11-2/h3-4,7H,5-6,9H2,1-2H3. The van der Waals surface area contributed by atoms with Crippen molar-refractivity contribution in [2.24, 2.45) is 11.7 Å². The Hall–Kier alpha value is -0.480. The van der Waals surface area contributed by atoms with Crippen molar-refractivity contribution in [1.82, 2.24) is 0 Å². The van der Waals surface area contributed by atoms with Crippen molar-refractivity contribution in [1.29, 1.82) is 0 Å². The molecule has 0 aromatic heterocycles. The summed E-state index contributed by atoms with van der Waals surface area (Å²) in [6.07, 6.45) is 1.41. The van der Waals surface area contributed by atoms with Crippen molar-refractivity contribution < 1.29 is 9.53 Å². The minimum Gasteiger partial charge on any atom is -0.466 e. The van der Waals surface area contributed by atoms with Crippen LogP contribution < -0.4 is 5.73 Å². The maximum absolute atomic E-state index is 10.6. The van der Waals surface area contributed by atoms with Crippen molar-refractivity contribution in [2.75, 3.05) is 19.4 Å². The maximum atomic E-state index is 10.6. The summed E-state index contributed by atoms with van der Waals surface area (Å²) in [5.74, 6) is 1.10. The van der Waals surface area contributed by atoms with Crippen LogP contribution in [0.25, 0.3) is 0 Å². The Balaban J connectivity index is 3.42. The number of hydrogen-bond acceptors (Lipinski definition) is 4. The highest BCUT2D eigenvalue weighted by molar-refractivity contribution is 8.02. The summed E-state index contributed by atoms with van der Waals surface area (Å²) < 4.78 is 4.42. The molecule has 0 aromatic rings. The highest BCUT2D eigenvalue weighted by Crippen LogP contribution is 2.07. The first-order valence-corrected chi connectivity index (χ1v) is 4.81. The Kier molecular flexibility index (Phi) is 6.90. The van der Waals surface area contributed by atoms with Gasteiger partial charge in [0.05, 0.1) is 7.11 Å². The number of nitrogens with two attached hydrogens (primary N) is 1. The molecule has 1 atom stereocenters. The van der Waals surface area contributed by atoms with E-state index in [-0.39, 0.29) is 5.97 Å². The molecule has 0 saturated carbocycles. The lowest BCUT2D eigenvalue weighted by molar-refractivity contribution is -0.134. The monoisotopic (exact) mass is 189 g/mol. The molecule has 2 N–H and O–H groups in total. The van der Waals surface area contributed by atoms with Crippen LogP contribution in [0.1, 0.15) is 6.92 Å². The second-order valence-corrected chi connectivity index (χ2v) is 3.44. The molecule has 0 aliphatic carbocycles. The molecule has 70 valence electrons. The van der Waals surface area contributed by atoms with Crippen LogP contribution >= 0.6 is 11.8 Å². The fourth-order valence-electron chi connectivity index (χ4n) is 0.460. The van der Waals surface area contributed by atoms with E-state index < -0.39 is 0 Å². The molecule has 0 bridgehead atoms. The lowest BCUT2D eigenvalue weighted by Gasteiger charge is -2.03. The molecule has 1 unspecified atom stereocenters. The molecule has 0 radical (unpaired) electrons. The zero-order valence-electron chi connectivity index (χ0n) is 7.45. The van der Waals surface area contributed by atoms with Crippen molar-refractivity contribution in [3.8, 4) is 0 Å². The molecule has 0 amide bonds. The van der Waals surface area contributed by atoms with E-state index in [2.05, 4.69) is 11.7 Å². The van der Waals surface area contributed by atoms with Gasteiger partial charge in [-0.05, 0) is 17.9 Å². The Labute approximate surface area is 77.3 Å². The Morgan fingerprint density at radius 2 is 2.42 bits per heavy atom. The number of rotatable bonds is 5. The molecule has 0 fully saturated rings. The topological polar surface area (TPSA) is 52.3 Å². The van der Waals surface area contributed by atoms with Crippen molar-refractivity contribution >= 4 is 17.7 Å². The second kappa shape index (κ2) is 7.18. The van der Waals surface area contributed by atoms with Gasteiger partial charge in [-0.2, -0.15) is 0 Å². The van der Waals surface area contributed by atoms with E-state index in [4.69, 9.17) is 5.73 Å². The largest absolute Gasteiger partial charge is 0.466 e. The molecule has 4 heteroatoms. The van der Waals surface area contributed by atoms with Crippen molar-refractivity contribution in [2.45, 2.75) is 6.92 Å². The predicted molar refractivity (Wildman–Crippen MR) is 51.8 cm³/mol. The molecule has 12 heavy (non-hydrogen) atoms. The maximum Gasteiger partial charge on any atom is 0.330 e. The SMILES string of the molecule is COC(=O)C=CSCC(C)CN. The molecule has 0 heterocycles. The van der Waals surface area contributed by atoms with E-state index in [1.165, 1.54) is 13.2 Å². The zero-order chi connectivity index (χ0) is 9.40. The summed E-state index contributed by atoms with van der Waals surface area (Å²) in [5, 5.41) is 1.73. The van der Waals surface area contributed by atoms with E-state index in [9.17, 15) is 4.79 Å². The van der Waals surface area contributed by atoms with Crippen LogP contribution in [-0.2, 0) is 9.53 Å². The Morgan fingerprint density at radius 3 is 2.92 bits per heavy atom. The first-order chi connectivity index (χ1) is 5.70. The number of carbonyl (C=O) groups is 1. The summed E-state index contributed by atoms with van der Waals surface area (Å²) in [4.78, 5) is 10.6. The normalized spacial score (nSPS) is 13.2. The number of esters is 1. The van der Waals surface area contributed by atoms with Gasteiger partial charge in [-0.3, -0.25) is 0 Å². The fourth-order valence-corrected chi connectivity index (χ4v) is 1.24. The average Bonchev–Trinajstić information content (AvgIpc) is 2.11. The molecule has 3 nitrogen and oxygen atoms in total. The third-order valence-electron chi connectivity index (χ3n) is 1.28. The van der Waals surface area contributed by atoms with Gasteiger partial charge in [-0.25, -0.2) is 4.79 Å². The molecular formula is C8H15NO2S. The number of hydrogen-bond donors (Lipinski definition) is 1. The molecule has 0 spiro atoms. The smallest absolute Gasteiger partial charge is 0.330 e. The number of methoxy groups -OCH3 is 1. The van der Waals surface area contributed by atoms with Gasteiger partial charge >= 0.3 is 5.97 Å². The van der Waals surface area contributed by atoms with Gasteiger partial charge < -0.3 is 10.5 Å². The van der Waals surface area contributed by atoms with Gasteiger partial charge in [-0.1, -0.05) is 6.92 Å².